The summed E-state index contributed by atoms with van der Waals surface area (Å²) >= 11 is 0. The molecule has 3 nitrogen and oxygen atoms in total. The minimum Gasteiger partial charge on any atom is -0.469 e. The number of ether oxygens (including phenoxy) is 1. The van der Waals surface area contributed by atoms with Crippen molar-refractivity contribution in [3.63, 3.8) is 0 Å². The van der Waals surface area contributed by atoms with Crippen molar-refractivity contribution in [1.82, 2.24) is 0 Å². The maximum absolute atomic E-state index is 11.5. The number of hydrogen-bond donors (Lipinski definition) is 0. The van der Waals surface area contributed by atoms with Crippen LogP contribution in [0.2, 0.25) is 0 Å². The van der Waals surface area contributed by atoms with Gasteiger partial charge in [0.05, 0.1) is 24.5 Å². The maximum atomic E-state index is 11.5. The van der Waals surface area contributed by atoms with E-state index in [2.05, 4.69) is 6.07 Å². The van der Waals surface area contributed by atoms with Gasteiger partial charge in [-0.1, -0.05) is 13.8 Å². The van der Waals surface area contributed by atoms with Gasteiger partial charge in [0, 0.05) is 0 Å². The largest absolute Gasteiger partial charge is 0.469 e. The van der Waals surface area contributed by atoms with Crippen molar-refractivity contribution in [3.05, 3.63) is 0 Å². The summed E-state index contributed by atoms with van der Waals surface area (Å²) in [6.45, 7) is 5.88. The van der Waals surface area contributed by atoms with Crippen LogP contribution >= 0.6 is 0 Å². The lowest BCUT2D eigenvalue weighted by atomic mass is 9.66. The first kappa shape index (κ1) is 11.0. The van der Waals surface area contributed by atoms with Crippen molar-refractivity contribution >= 4 is 5.97 Å². The summed E-state index contributed by atoms with van der Waals surface area (Å²) < 4.78 is 4.76. The lowest BCUT2D eigenvalue weighted by Crippen LogP contribution is -2.36. The highest BCUT2D eigenvalue weighted by Gasteiger charge is 2.55. The van der Waals surface area contributed by atoms with Crippen molar-refractivity contribution < 1.29 is 9.53 Å². The first-order valence-corrected chi connectivity index (χ1v) is 4.88. The molecule has 0 aromatic carbocycles. The predicted molar refractivity (Wildman–Crippen MR) is 52.2 cm³/mol. The molecule has 1 fully saturated rings. The Labute approximate surface area is 85.1 Å². The van der Waals surface area contributed by atoms with Gasteiger partial charge in [0.1, 0.15) is 0 Å². The minimum absolute atomic E-state index is 0.142. The van der Waals surface area contributed by atoms with Crippen LogP contribution in [0.1, 0.15) is 33.6 Å². The van der Waals surface area contributed by atoms with Crippen LogP contribution in [0.25, 0.3) is 0 Å². The van der Waals surface area contributed by atoms with Gasteiger partial charge in [0.2, 0.25) is 0 Å². The zero-order valence-corrected chi connectivity index (χ0v) is 9.26. The van der Waals surface area contributed by atoms with Crippen LogP contribution in [0.3, 0.4) is 0 Å². The van der Waals surface area contributed by atoms with Gasteiger partial charge >= 0.3 is 5.97 Å². The van der Waals surface area contributed by atoms with Crippen molar-refractivity contribution in [3.8, 4) is 6.07 Å². The Morgan fingerprint density at radius 3 is 2.43 bits per heavy atom. The van der Waals surface area contributed by atoms with E-state index >= 15 is 0 Å². The first-order chi connectivity index (χ1) is 6.39. The third-order valence-electron chi connectivity index (χ3n) is 3.96. The Balaban J connectivity index is 2.99. The SMILES string of the molecule is COC(=O)[C@H]1CC[C@@](C)(C#N)C1(C)C. The molecule has 0 aromatic heterocycles. The van der Waals surface area contributed by atoms with Gasteiger partial charge in [-0.05, 0) is 25.2 Å². The molecule has 1 aliphatic rings. The first-order valence-electron chi connectivity index (χ1n) is 4.88. The molecule has 0 bridgehead atoms. The van der Waals surface area contributed by atoms with Gasteiger partial charge in [-0.3, -0.25) is 4.79 Å². The van der Waals surface area contributed by atoms with Crippen molar-refractivity contribution in [2.45, 2.75) is 33.6 Å². The van der Waals surface area contributed by atoms with E-state index in [0.717, 1.165) is 12.8 Å². The molecular formula is C11H17NO2. The summed E-state index contributed by atoms with van der Waals surface area (Å²) in [5.74, 6) is -0.328. The molecule has 0 heterocycles. The Morgan fingerprint density at radius 1 is 1.50 bits per heavy atom. The van der Waals surface area contributed by atoms with Gasteiger partial charge in [-0.25, -0.2) is 0 Å². The van der Waals surface area contributed by atoms with Crippen LogP contribution < -0.4 is 0 Å². The standard InChI is InChI=1S/C11H17NO2/c1-10(2)8(9(13)14-4)5-6-11(10,3)7-12/h8H,5-6H2,1-4H3/t8-,11+/m1/s1. The minimum atomic E-state index is -0.411. The zero-order valence-electron chi connectivity index (χ0n) is 9.26. The lowest BCUT2D eigenvalue weighted by molar-refractivity contribution is -0.149. The predicted octanol–water partition coefficient (Wildman–Crippen LogP) is 2.13. The van der Waals surface area contributed by atoms with E-state index < -0.39 is 5.41 Å². The molecule has 1 aliphatic carbocycles. The number of nitriles is 1. The van der Waals surface area contributed by atoms with Crippen LogP contribution in [0.15, 0.2) is 0 Å². The average molecular weight is 195 g/mol. The fraction of sp³-hybridized carbons (Fsp3) is 0.818. The number of nitrogens with zero attached hydrogens (tertiary/aromatic N) is 1. The normalized spacial score (nSPS) is 34.9. The molecule has 0 aliphatic heterocycles. The highest BCUT2D eigenvalue weighted by Crippen LogP contribution is 2.55. The Kier molecular flexibility index (Phi) is 2.58. The van der Waals surface area contributed by atoms with Crippen LogP contribution in [0, 0.1) is 28.1 Å². The molecule has 3 heteroatoms. The second-order valence-corrected chi connectivity index (χ2v) is 4.78. The van der Waals surface area contributed by atoms with Gasteiger partial charge in [-0.2, -0.15) is 5.26 Å². The second-order valence-electron chi connectivity index (χ2n) is 4.78. The van der Waals surface area contributed by atoms with Crippen molar-refractivity contribution in [1.29, 1.82) is 5.26 Å². The molecule has 0 unspecified atom stereocenters. The topological polar surface area (TPSA) is 50.1 Å². The summed E-state index contributed by atoms with van der Waals surface area (Å²) in [5, 5.41) is 9.13. The van der Waals surface area contributed by atoms with E-state index in [1.54, 1.807) is 0 Å². The van der Waals surface area contributed by atoms with Crippen LogP contribution in [-0.2, 0) is 9.53 Å². The van der Waals surface area contributed by atoms with Crippen molar-refractivity contribution in [2.24, 2.45) is 16.7 Å². The van der Waals surface area contributed by atoms with Gasteiger partial charge in [-0.15, -0.1) is 0 Å². The molecule has 1 saturated carbocycles. The van der Waals surface area contributed by atoms with E-state index in [9.17, 15) is 4.79 Å². The van der Waals surface area contributed by atoms with Crippen LogP contribution in [0.4, 0.5) is 0 Å². The van der Waals surface area contributed by atoms with Crippen LogP contribution in [-0.4, -0.2) is 13.1 Å². The second kappa shape index (κ2) is 3.27. The third-order valence-corrected chi connectivity index (χ3v) is 3.96. The molecule has 0 N–H and O–H groups in total. The van der Waals surface area contributed by atoms with E-state index in [4.69, 9.17) is 10.00 Å². The molecule has 0 saturated heterocycles. The summed E-state index contributed by atoms with van der Waals surface area (Å²) in [7, 11) is 1.40. The van der Waals surface area contributed by atoms with E-state index in [0.29, 0.717) is 0 Å². The summed E-state index contributed by atoms with van der Waals surface area (Å²) in [6, 6.07) is 2.33. The van der Waals surface area contributed by atoms with E-state index in [1.807, 2.05) is 20.8 Å². The van der Waals surface area contributed by atoms with Gasteiger partial charge < -0.3 is 4.74 Å². The fourth-order valence-corrected chi connectivity index (χ4v) is 2.26. The third kappa shape index (κ3) is 1.30. The quantitative estimate of drug-likeness (QED) is 0.602. The molecule has 0 spiro atoms. The van der Waals surface area contributed by atoms with Gasteiger partial charge in [0.15, 0.2) is 0 Å². The number of carbonyl (C=O) groups excluding carboxylic acids is 1. The Bertz CT molecular complexity index is 290. The molecule has 14 heavy (non-hydrogen) atoms. The van der Waals surface area contributed by atoms with Gasteiger partial charge in [0.25, 0.3) is 0 Å². The van der Waals surface area contributed by atoms with E-state index in [-0.39, 0.29) is 17.3 Å². The monoisotopic (exact) mass is 195 g/mol. The summed E-state index contributed by atoms with van der Waals surface area (Å²) in [4.78, 5) is 11.5. The number of esters is 1. The summed E-state index contributed by atoms with van der Waals surface area (Å²) in [6.07, 6.45) is 1.53. The molecule has 2 atom stereocenters. The highest BCUT2D eigenvalue weighted by molar-refractivity contribution is 5.74. The van der Waals surface area contributed by atoms with E-state index in [1.165, 1.54) is 7.11 Å². The number of methoxy groups -OCH3 is 1. The lowest BCUT2D eigenvalue weighted by Gasteiger charge is -2.35. The average Bonchev–Trinajstić information content (AvgIpc) is 2.38. The zero-order chi connectivity index (χ0) is 11.0. The molecular weight excluding hydrogens is 178 g/mol. The molecule has 0 radical (unpaired) electrons. The number of hydrogen-bond acceptors (Lipinski definition) is 3. The highest BCUT2D eigenvalue weighted by atomic mass is 16.5. The number of carbonyl (C=O) groups is 1. The molecule has 0 aromatic rings. The molecule has 78 valence electrons. The fourth-order valence-electron chi connectivity index (χ4n) is 2.26. The number of rotatable bonds is 1. The molecule has 1 rings (SSSR count). The molecule has 0 amide bonds. The Hall–Kier alpha value is -1.04. The van der Waals surface area contributed by atoms with Crippen LogP contribution in [0.5, 0.6) is 0 Å². The van der Waals surface area contributed by atoms with Crippen molar-refractivity contribution in [2.75, 3.05) is 7.11 Å². The summed E-state index contributed by atoms with van der Waals surface area (Å²) in [5.41, 5.74) is -0.708. The Morgan fingerprint density at radius 2 is 2.07 bits per heavy atom. The maximum Gasteiger partial charge on any atom is 0.309 e. The smallest absolute Gasteiger partial charge is 0.309 e.